The van der Waals surface area contributed by atoms with Crippen LogP contribution in [0.5, 0.6) is 0 Å². The molecule has 0 saturated heterocycles. The molecule has 1 aromatic carbocycles. The molecule has 5 nitrogen and oxygen atoms in total. The van der Waals surface area contributed by atoms with E-state index in [2.05, 4.69) is 11.1 Å². The van der Waals surface area contributed by atoms with E-state index in [4.69, 9.17) is 11.0 Å². The second-order valence-corrected chi connectivity index (χ2v) is 4.63. The van der Waals surface area contributed by atoms with Crippen molar-refractivity contribution in [2.24, 2.45) is 0 Å². The lowest BCUT2D eigenvalue weighted by Crippen LogP contribution is -2.34. The monoisotopic (exact) mass is 256 g/mol. The van der Waals surface area contributed by atoms with Crippen LogP contribution >= 0.6 is 0 Å². The van der Waals surface area contributed by atoms with E-state index in [1.54, 1.807) is 30.3 Å². The molecule has 0 aliphatic heterocycles. The van der Waals surface area contributed by atoms with Gasteiger partial charge < -0.3 is 15.6 Å². The Labute approximate surface area is 111 Å². The van der Waals surface area contributed by atoms with Crippen LogP contribution in [0.25, 0.3) is 10.9 Å². The van der Waals surface area contributed by atoms with E-state index >= 15 is 0 Å². The molecule has 1 heterocycles. The van der Waals surface area contributed by atoms with Gasteiger partial charge in [-0.15, -0.1) is 0 Å². The molecule has 2 aromatic rings. The number of rotatable bonds is 3. The fourth-order valence-electron chi connectivity index (χ4n) is 1.97. The first-order chi connectivity index (χ1) is 9.04. The van der Waals surface area contributed by atoms with Gasteiger partial charge in [-0.25, -0.2) is 0 Å². The Morgan fingerprint density at radius 1 is 1.58 bits per heavy atom. The summed E-state index contributed by atoms with van der Waals surface area (Å²) in [7, 11) is 1.70. The van der Waals surface area contributed by atoms with Gasteiger partial charge in [-0.1, -0.05) is 0 Å². The Hall–Kier alpha value is -2.48. The van der Waals surface area contributed by atoms with Crippen LogP contribution < -0.4 is 5.73 Å². The molecule has 5 heteroatoms. The summed E-state index contributed by atoms with van der Waals surface area (Å²) in [6, 6.07) is 7.37. The Morgan fingerprint density at radius 3 is 3.00 bits per heavy atom. The standard InChI is InChI=1S/C14H16N4O/c1-9(5-6-15)18(2)14(19)12-8-17-13-4-3-10(16)7-11(12)13/h3-4,7-9,17H,5,16H2,1-2H3. The Bertz CT molecular complexity index is 653. The minimum atomic E-state index is -0.122. The zero-order valence-electron chi connectivity index (χ0n) is 11.0. The molecule has 0 aliphatic carbocycles. The molecule has 1 amide bonds. The van der Waals surface area contributed by atoms with Crippen LogP contribution in [0.2, 0.25) is 0 Å². The number of nitrogens with zero attached hydrogens (tertiary/aromatic N) is 2. The number of nitriles is 1. The number of amides is 1. The van der Waals surface area contributed by atoms with Crippen LogP contribution in [0.3, 0.4) is 0 Å². The minimum absolute atomic E-state index is 0.111. The van der Waals surface area contributed by atoms with E-state index in [0.29, 0.717) is 17.7 Å². The molecule has 0 spiro atoms. The first-order valence-electron chi connectivity index (χ1n) is 6.05. The highest BCUT2D eigenvalue weighted by atomic mass is 16.2. The van der Waals surface area contributed by atoms with Gasteiger partial charge in [-0.3, -0.25) is 4.79 Å². The smallest absolute Gasteiger partial charge is 0.256 e. The number of aromatic amines is 1. The van der Waals surface area contributed by atoms with E-state index in [-0.39, 0.29) is 11.9 Å². The summed E-state index contributed by atoms with van der Waals surface area (Å²) in [4.78, 5) is 17.0. The molecule has 0 radical (unpaired) electrons. The number of anilines is 1. The number of aromatic nitrogens is 1. The number of nitrogens with two attached hydrogens (primary N) is 1. The lowest BCUT2D eigenvalue weighted by Gasteiger charge is -2.22. The molecule has 1 atom stereocenters. The normalized spacial score (nSPS) is 12.1. The van der Waals surface area contributed by atoms with Gasteiger partial charge in [0.05, 0.1) is 18.1 Å². The van der Waals surface area contributed by atoms with E-state index < -0.39 is 0 Å². The first kappa shape index (κ1) is 13.0. The Kier molecular flexibility index (Phi) is 3.43. The maximum atomic E-state index is 12.4. The second kappa shape index (κ2) is 5.02. The topological polar surface area (TPSA) is 85.9 Å². The van der Waals surface area contributed by atoms with Crippen molar-refractivity contribution in [2.45, 2.75) is 19.4 Å². The third kappa shape index (κ3) is 2.38. The van der Waals surface area contributed by atoms with Crippen molar-refractivity contribution in [1.29, 1.82) is 5.26 Å². The number of hydrogen-bond acceptors (Lipinski definition) is 3. The van der Waals surface area contributed by atoms with Crippen molar-refractivity contribution in [3.8, 4) is 6.07 Å². The second-order valence-electron chi connectivity index (χ2n) is 4.63. The third-order valence-electron chi connectivity index (χ3n) is 3.30. The maximum absolute atomic E-state index is 12.4. The van der Waals surface area contributed by atoms with E-state index in [1.807, 2.05) is 13.0 Å². The minimum Gasteiger partial charge on any atom is -0.399 e. The van der Waals surface area contributed by atoms with E-state index in [9.17, 15) is 4.79 Å². The summed E-state index contributed by atoms with van der Waals surface area (Å²) in [6.07, 6.45) is 1.99. The molecule has 0 bridgehead atoms. The molecule has 0 saturated carbocycles. The van der Waals surface area contributed by atoms with Crippen molar-refractivity contribution in [3.63, 3.8) is 0 Å². The summed E-state index contributed by atoms with van der Waals surface area (Å²) in [5, 5.41) is 9.50. The summed E-state index contributed by atoms with van der Waals surface area (Å²) in [6.45, 7) is 1.85. The molecule has 2 rings (SSSR count). The Balaban J connectivity index is 2.36. The largest absolute Gasteiger partial charge is 0.399 e. The fraction of sp³-hybridized carbons (Fsp3) is 0.286. The van der Waals surface area contributed by atoms with Crippen LogP contribution in [0.4, 0.5) is 5.69 Å². The molecular formula is C14H16N4O. The van der Waals surface area contributed by atoms with Crippen molar-refractivity contribution in [3.05, 3.63) is 30.0 Å². The molecule has 98 valence electrons. The van der Waals surface area contributed by atoms with Crippen molar-refractivity contribution in [1.82, 2.24) is 9.88 Å². The SMILES string of the molecule is CC(CC#N)N(C)C(=O)c1c[nH]c2ccc(N)cc12. The van der Waals surface area contributed by atoms with Gasteiger partial charge in [-0.2, -0.15) is 5.26 Å². The van der Waals surface area contributed by atoms with Crippen LogP contribution in [0, 0.1) is 11.3 Å². The quantitative estimate of drug-likeness (QED) is 0.825. The van der Waals surface area contributed by atoms with E-state index in [0.717, 1.165) is 10.9 Å². The summed E-state index contributed by atoms with van der Waals surface area (Å²) in [5.74, 6) is -0.111. The summed E-state index contributed by atoms with van der Waals surface area (Å²) in [5.41, 5.74) is 7.83. The van der Waals surface area contributed by atoms with Crippen LogP contribution in [-0.2, 0) is 0 Å². The first-order valence-corrected chi connectivity index (χ1v) is 6.05. The van der Waals surface area contributed by atoms with Gasteiger partial charge >= 0.3 is 0 Å². The molecule has 0 aliphatic rings. The number of H-pyrrole nitrogens is 1. The molecule has 3 N–H and O–H groups in total. The van der Waals surface area contributed by atoms with Gasteiger partial charge in [-0.05, 0) is 25.1 Å². The lowest BCUT2D eigenvalue weighted by molar-refractivity contribution is 0.0748. The average molecular weight is 256 g/mol. The van der Waals surface area contributed by atoms with Gasteiger partial charge in [0.15, 0.2) is 0 Å². The Morgan fingerprint density at radius 2 is 2.32 bits per heavy atom. The van der Waals surface area contributed by atoms with Crippen LogP contribution in [-0.4, -0.2) is 28.9 Å². The molecular weight excluding hydrogens is 240 g/mol. The van der Waals surface area contributed by atoms with Crippen molar-refractivity contribution >= 4 is 22.5 Å². The van der Waals surface area contributed by atoms with Crippen molar-refractivity contribution in [2.75, 3.05) is 12.8 Å². The number of carbonyl (C=O) groups is 1. The molecule has 1 aromatic heterocycles. The number of nitrogen functional groups attached to an aromatic ring is 1. The fourth-order valence-corrected chi connectivity index (χ4v) is 1.97. The number of carbonyl (C=O) groups excluding carboxylic acids is 1. The lowest BCUT2D eigenvalue weighted by atomic mass is 10.1. The van der Waals surface area contributed by atoms with Crippen LogP contribution in [0.1, 0.15) is 23.7 Å². The zero-order chi connectivity index (χ0) is 14.0. The van der Waals surface area contributed by atoms with Gasteiger partial charge in [0.1, 0.15) is 0 Å². The van der Waals surface area contributed by atoms with Crippen molar-refractivity contribution < 1.29 is 4.79 Å². The predicted octanol–water partition coefficient (Wildman–Crippen LogP) is 2.12. The van der Waals surface area contributed by atoms with Crippen LogP contribution in [0.15, 0.2) is 24.4 Å². The highest BCUT2D eigenvalue weighted by molar-refractivity contribution is 6.07. The highest BCUT2D eigenvalue weighted by Gasteiger charge is 2.20. The third-order valence-corrected chi connectivity index (χ3v) is 3.30. The van der Waals surface area contributed by atoms with Gasteiger partial charge in [0.2, 0.25) is 0 Å². The van der Waals surface area contributed by atoms with Gasteiger partial charge in [0.25, 0.3) is 5.91 Å². The predicted molar refractivity (Wildman–Crippen MR) is 74.5 cm³/mol. The summed E-state index contributed by atoms with van der Waals surface area (Å²) < 4.78 is 0. The molecule has 0 fully saturated rings. The van der Waals surface area contributed by atoms with Gasteiger partial charge in [0, 0.05) is 35.9 Å². The summed E-state index contributed by atoms with van der Waals surface area (Å²) >= 11 is 0. The number of hydrogen-bond donors (Lipinski definition) is 2. The number of nitrogens with one attached hydrogen (secondary N) is 1. The maximum Gasteiger partial charge on any atom is 0.256 e. The number of fused-ring (bicyclic) bond motifs is 1. The number of benzene rings is 1. The molecule has 1 unspecified atom stereocenters. The molecule has 19 heavy (non-hydrogen) atoms. The zero-order valence-corrected chi connectivity index (χ0v) is 11.0. The average Bonchev–Trinajstić information content (AvgIpc) is 2.80. The highest BCUT2D eigenvalue weighted by Crippen LogP contribution is 2.22. The van der Waals surface area contributed by atoms with E-state index in [1.165, 1.54) is 0 Å².